The van der Waals surface area contributed by atoms with Gasteiger partial charge in [0.25, 0.3) is 11.8 Å². The Morgan fingerprint density at radius 1 is 1.21 bits per heavy atom. The maximum atomic E-state index is 12.8. The summed E-state index contributed by atoms with van der Waals surface area (Å²) >= 11 is 0. The van der Waals surface area contributed by atoms with Gasteiger partial charge >= 0.3 is 0 Å². The first kappa shape index (κ1) is 24.1. The van der Waals surface area contributed by atoms with Gasteiger partial charge in [-0.15, -0.1) is 24.8 Å². The van der Waals surface area contributed by atoms with Gasteiger partial charge in [0.2, 0.25) is 0 Å². The average molecular weight is 488 g/mol. The molecule has 1 unspecified atom stereocenters. The van der Waals surface area contributed by atoms with E-state index in [1.54, 1.807) is 29.2 Å². The number of rotatable bonds is 4. The fourth-order valence-electron chi connectivity index (χ4n) is 3.79. The number of carbonyl (C=O) groups excluding carboxylic acids is 2. The van der Waals surface area contributed by atoms with Crippen molar-refractivity contribution < 1.29 is 9.59 Å². The second kappa shape index (κ2) is 9.51. The summed E-state index contributed by atoms with van der Waals surface area (Å²) in [5.74, 6) is -0.465. The maximum absolute atomic E-state index is 12.8. The zero-order valence-corrected chi connectivity index (χ0v) is 19.3. The standard InChI is InChI=1S/C22H21N7O2.2ClH/c1-13-9-24-22(31)19-8-15-4-7-18(27-20(15)29(13)19)21(30)26-17-10-25-28(12-17)11-14-2-5-16(23)6-3-14;;/h2-8,10,12-13H,9,11,23H2,1H3,(H,24,31)(H,26,30);2*1H. The van der Waals surface area contributed by atoms with E-state index in [-0.39, 0.29) is 48.4 Å². The number of fused-ring (bicyclic) bond motifs is 3. The van der Waals surface area contributed by atoms with Crippen LogP contribution in [0.1, 0.15) is 39.5 Å². The molecule has 5 rings (SSSR count). The lowest BCUT2D eigenvalue weighted by Crippen LogP contribution is -2.37. The molecule has 4 N–H and O–H groups in total. The minimum absolute atomic E-state index is 0. The molecule has 172 valence electrons. The van der Waals surface area contributed by atoms with Gasteiger partial charge in [0.1, 0.15) is 17.0 Å². The highest BCUT2D eigenvalue weighted by molar-refractivity contribution is 6.04. The summed E-state index contributed by atoms with van der Waals surface area (Å²) in [4.78, 5) is 29.5. The van der Waals surface area contributed by atoms with E-state index >= 15 is 0 Å². The van der Waals surface area contributed by atoms with E-state index in [0.717, 1.165) is 10.9 Å². The SMILES string of the molecule is CC1CNC(=O)c2cc3ccc(C(=O)Nc4cnn(Cc5ccc(N)cc5)c4)nc3n21.Cl.Cl. The average Bonchev–Trinajstić information content (AvgIpc) is 3.37. The van der Waals surface area contributed by atoms with Crippen LogP contribution in [0.15, 0.2) is 54.9 Å². The number of nitrogens with one attached hydrogen (secondary N) is 2. The quantitative estimate of drug-likeness (QED) is 0.381. The minimum atomic E-state index is -0.336. The van der Waals surface area contributed by atoms with Crippen molar-refractivity contribution in [1.29, 1.82) is 0 Å². The number of pyridine rings is 1. The lowest BCUT2D eigenvalue weighted by Gasteiger charge is -2.23. The van der Waals surface area contributed by atoms with Crippen molar-refractivity contribution in [2.75, 3.05) is 17.6 Å². The Labute approximate surface area is 202 Å². The van der Waals surface area contributed by atoms with Gasteiger partial charge in [0.15, 0.2) is 0 Å². The Hall–Kier alpha value is -3.56. The molecule has 0 saturated heterocycles. The second-order valence-electron chi connectivity index (χ2n) is 7.69. The molecule has 0 spiro atoms. The third-order valence-electron chi connectivity index (χ3n) is 5.36. The number of nitrogens with zero attached hydrogens (tertiary/aromatic N) is 4. The second-order valence-corrected chi connectivity index (χ2v) is 7.69. The molecule has 0 fully saturated rings. The van der Waals surface area contributed by atoms with Gasteiger partial charge in [-0.05, 0) is 42.8 Å². The summed E-state index contributed by atoms with van der Waals surface area (Å²) in [7, 11) is 0. The first-order valence-electron chi connectivity index (χ1n) is 9.96. The monoisotopic (exact) mass is 487 g/mol. The zero-order chi connectivity index (χ0) is 21.5. The Bertz CT molecular complexity index is 1310. The van der Waals surface area contributed by atoms with Crippen molar-refractivity contribution in [2.24, 2.45) is 0 Å². The Morgan fingerprint density at radius 2 is 1.97 bits per heavy atom. The van der Waals surface area contributed by atoms with Gasteiger partial charge < -0.3 is 20.9 Å². The first-order valence-corrected chi connectivity index (χ1v) is 9.96. The van der Waals surface area contributed by atoms with E-state index < -0.39 is 0 Å². The Kier molecular flexibility index (Phi) is 6.95. The molecule has 4 heterocycles. The van der Waals surface area contributed by atoms with Gasteiger partial charge in [-0.2, -0.15) is 5.10 Å². The molecule has 3 aromatic heterocycles. The van der Waals surface area contributed by atoms with E-state index in [9.17, 15) is 9.59 Å². The fraction of sp³-hybridized carbons (Fsp3) is 0.182. The predicted octanol–water partition coefficient (Wildman–Crippen LogP) is 3.26. The molecular formula is C22H23Cl2N7O2. The highest BCUT2D eigenvalue weighted by atomic mass is 35.5. The first-order chi connectivity index (χ1) is 15.0. The molecule has 0 aliphatic carbocycles. The molecule has 9 nitrogen and oxygen atoms in total. The van der Waals surface area contributed by atoms with Crippen molar-refractivity contribution in [3.63, 3.8) is 0 Å². The number of hydrogen-bond donors (Lipinski definition) is 3. The zero-order valence-electron chi connectivity index (χ0n) is 17.7. The molecule has 0 radical (unpaired) electrons. The molecule has 0 saturated carbocycles. The number of anilines is 2. The van der Waals surface area contributed by atoms with Crippen molar-refractivity contribution >= 4 is 59.0 Å². The lowest BCUT2D eigenvalue weighted by atomic mass is 10.2. The molecule has 0 bridgehead atoms. The van der Waals surface area contributed by atoms with Gasteiger partial charge in [0, 0.05) is 23.8 Å². The van der Waals surface area contributed by atoms with Crippen LogP contribution in [-0.4, -0.2) is 37.7 Å². The fourth-order valence-corrected chi connectivity index (χ4v) is 3.79. The largest absolute Gasteiger partial charge is 0.399 e. The number of benzene rings is 1. The van der Waals surface area contributed by atoms with Crippen LogP contribution < -0.4 is 16.4 Å². The highest BCUT2D eigenvalue weighted by Gasteiger charge is 2.25. The molecule has 33 heavy (non-hydrogen) atoms. The van der Waals surface area contributed by atoms with Gasteiger partial charge in [-0.25, -0.2) is 4.98 Å². The lowest BCUT2D eigenvalue weighted by molar-refractivity contribution is 0.0918. The maximum Gasteiger partial charge on any atom is 0.274 e. The molecule has 1 aliphatic rings. The number of amides is 2. The molecule has 11 heteroatoms. The molecule has 1 atom stereocenters. The van der Waals surface area contributed by atoms with Crippen LogP contribution >= 0.6 is 24.8 Å². The van der Waals surface area contributed by atoms with Gasteiger partial charge in [-0.1, -0.05) is 12.1 Å². The number of halogens is 2. The van der Waals surface area contributed by atoms with Crippen LogP contribution in [0.3, 0.4) is 0 Å². The summed E-state index contributed by atoms with van der Waals surface area (Å²) in [5, 5.41) is 10.8. The van der Waals surface area contributed by atoms with Crippen molar-refractivity contribution in [3.8, 4) is 0 Å². The van der Waals surface area contributed by atoms with Crippen LogP contribution in [-0.2, 0) is 6.54 Å². The number of aromatic nitrogens is 4. The summed E-state index contributed by atoms with van der Waals surface area (Å²) in [6.07, 6.45) is 3.36. The van der Waals surface area contributed by atoms with Crippen molar-refractivity contribution in [3.05, 3.63) is 71.8 Å². The predicted molar refractivity (Wildman–Crippen MR) is 131 cm³/mol. The van der Waals surface area contributed by atoms with Crippen LogP contribution in [0.2, 0.25) is 0 Å². The number of nitrogens with two attached hydrogens (primary N) is 1. The third kappa shape index (κ3) is 4.64. The normalized spacial score (nSPS) is 14.6. The van der Waals surface area contributed by atoms with Gasteiger partial charge in [-0.3, -0.25) is 14.3 Å². The van der Waals surface area contributed by atoms with Crippen LogP contribution in [0.5, 0.6) is 0 Å². The summed E-state index contributed by atoms with van der Waals surface area (Å²) in [5.41, 5.74) is 9.52. The smallest absolute Gasteiger partial charge is 0.274 e. The number of hydrogen-bond acceptors (Lipinski definition) is 5. The van der Waals surface area contributed by atoms with E-state index in [0.29, 0.717) is 35.8 Å². The molecule has 1 aliphatic heterocycles. The summed E-state index contributed by atoms with van der Waals surface area (Å²) in [6, 6.07) is 12.9. The van der Waals surface area contributed by atoms with Crippen LogP contribution in [0.4, 0.5) is 11.4 Å². The van der Waals surface area contributed by atoms with Crippen molar-refractivity contribution in [1.82, 2.24) is 24.6 Å². The van der Waals surface area contributed by atoms with E-state index in [1.807, 2.05) is 41.8 Å². The topological polar surface area (TPSA) is 120 Å². The highest BCUT2D eigenvalue weighted by Crippen LogP contribution is 2.25. The van der Waals surface area contributed by atoms with E-state index in [2.05, 4.69) is 20.7 Å². The molecule has 2 amide bonds. The van der Waals surface area contributed by atoms with Crippen LogP contribution in [0, 0.1) is 0 Å². The van der Waals surface area contributed by atoms with E-state index in [4.69, 9.17) is 5.73 Å². The summed E-state index contributed by atoms with van der Waals surface area (Å²) in [6.45, 7) is 3.10. The number of nitrogen functional groups attached to an aromatic ring is 1. The van der Waals surface area contributed by atoms with Crippen LogP contribution in [0.25, 0.3) is 11.0 Å². The Balaban J connectivity index is 0.00000153. The van der Waals surface area contributed by atoms with E-state index in [1.165, 1.54) is 0 Å². The minimum Gasteiger partial charge on any atom is -0.399 e. The summed E-state index contributed by atoms with van der Waals surface area (Å²) < 4.78 is 3.62. The Morgan fingerprint density at radius 3 is 2.73 bits per heavy atom. The number of carbonyl (C=O) groups is 2. The third-order valence-corrected chi connectivity index (χ3v) is 5.36. The molecule has 1 aromatic carbocycles. The molecule has 4 aromatic rings. The van der Waals surface area contributed by atoms with Gasteiger partial charge in [0.05, 0.1) is 24.5 Å². The molecular weight excluding hydrogens is 465 g/mol. The van der Waals surface area contributed by atoms with Crippen molar-refractivity contribution in [2.45, 2.75) is 19.5 Å².